The van der Waals surface area contributed by atoms with E-state index in [1.165, 1.54) is 43.3 Å². The van der Waals surface area contributed by atoms with Gasteiger partial charge in [-0.2, -0.15) is 13.2 Å². The van der Waals surface area contributed by atoms with Gasteiger partial charge in [-0.05, 0) is 35.4 Å². The number of alkyl halides is 3. The number of carbonyl (C=O) groups is 3. The van der Waals surface area contributed by atoms with Gasteiger partial charge in [0.25, 0.3) is 0 Å². The number of ether oxygens (including phenoxy) is 1. The number of methoxy groups -OCH3 is 1. The standard InChI is InChI=1S/C22H22F4N2O4/c1-13(29)27-18(11-15-5-9-17(23)10-6-15)20(30)28-19(21(31)32-2)12-14-3-7-16(8-4-14)22(24,25)26/h3-10,18-19H,11-12H2,1-2H3,(H,27,29)(H,28,30)/t18-,19+/m1/s1. The molecule has 0 bridgehead atoms. The molecule has 2 rings (SSSR count). The molecule has 0 spiro atoms. The van der Waals surface area contributed by atoms with Crippen LogP contribution in [-0.4, -0.2) is 37.0 Å². The zero-order chi connectivity index (χ0) is 23.9. The summed E-state index contributed by atoms with van der Waals surface area (Å²) in [5.41, 5.74) is 0.0888. The SMILES string of the molecule is COC(=O)[C@H](Cc1ccc(C(F)(F)F)cc1)NC(=O)[C@@H](Cc1ccc(F)cc1)NC(C)=O. The number of hydrogen-bond donors (Lipinski definition) is 2. The molecule has 0 fully saturated rings. The number of esters is 1. The van der Waals surface area contributed by atoms with Crippen molar-refractivity contribution in [2.75, 3.05) is 7.11 Å². The lowest BCUT2D eigenvalue weighted by Gasteiger charge is -2.22. The Morgan fingerprint density at radius 3 is 1.84 bits per heavy atom. The molecule has 0 saturated heterocycles. The minimum Gasteiger partial charge on any atom is -0.467 e. The van der Waals surface area contributed by atoms with E-state index in [0.29, 0.717) is 11.1 Å². The normalized spacial score (nSPS) is 13.1. The Labute approximate surface area is 181 Å². The molecule has 172 valence electrons. The number of amides is 2. The van der Waals surface area contributed by atoms with Crippen molar-refractivity contribution in [2.45, 2.75) is 38.0 Å². The highest BCUT2D eigenvalue weighted by Crippen LogP contribution is 2.29. The predicted molar refractivity (Wildman–Crippen MR) is 107 cm³/mol. The van der Waals surface area contributed by atoms with E-state index in [1.807, 2.05) is 0 Å². The van der Waals surface area contributed by atoms with Crippen molar-refractivity contribution in [3.63, 3.8) is 0 Å². The van der Waals surface area contributed by atoms with Crippen LogP contribution in [0.1, 0.15) is 23.6 Å². The summed E-state index contributed by atoms with van der Waals surface area (Å²) >= 11 is 0. The van der Waals surface area contributed by atoms with Gasteiger partial charge in [0.15, 0.2) is 0 Å². The molecule has 0 aromatic heterocycles. The van der Waals surface area contributed by atoms with Gasteiger partial charge in [0, 0.05) is 19.8 Å². The second-order valence-electron chi connectivity index (χ2n) is 7.07. The maximum absolute atomic E-state index is 13.1. The molecule has 2 atom stereocenters. The van der Waals surface area contributed by atoms with Gasteiger partial charge in [-0.3, -0.25) is 9.59 Å². The van der Waals surface area contributed by atoms with E-state index in [1.54, 1.807) is 0 Å². The lowest BCUT2D eigenvalue weighted by Crippen LogP contribution is -2.53. The Balaban J connectivity index is 2.17. The topological polar surface area (TPSA) is 84.5 Å². The quantitative estimate of drug-likeness (QED) is 0.475. The van der Waals surface area contributed by atoms with Gasteiger partial charge in [0.2, 0.25) is 11.8 Å². The zero-order valence-electron chi connectivity index (χ0n) is 17.3. The van der Waals surface area contributed by atoms with Gasteiger partial charge >= 0.3 is 12.1 Å². The van der Waals surface area contributed by atoms with Crippen LogP contribution in [-0.2, 0) is 38.1 Å². The zero-order valence-corrected chi connectivity index (χ0v) is 17.3. The van der Waals surface area contributed by atoms with E-state index in [-0.39, 0.29) is 12.8 Å². The van der Waals surface area contributed by atoms with Gasteiger partial charge in [-0.15, -0.1) is 0 Å². The van der Waals surface area contributed by atoms with Crippen molar-refractivity contribution < 1.29 is 36.7 Å². The summed E-state index contributed by atoms with van der Waals surface area (Å²) in [6.07, 6.45) is -4.60. The van der Waals surface area contributed by atoms with E-state index >= 15 is 0 Å². The molecule has 6 nitrogen and oxygen atoms in total. The van der Waals surface area contributed by atoms with Gasteiger partial charge in [-0.25, -0.2) is 9.18 Å². The van der Waals surface area contributed by atoms with Crippen LogP contribution in [0.5, 0.6) is 0 Å². The van der Waals surface area contributed by atoms with E-state index < -0.39 is 47.4 Å². The summed E-state index contributed by atoms with van der Waals surface area (Å²) in [4.78, 5) is 36.5. The molecule has 2 aromatic carbocycles. The molecule has 2 amide bonds. The van der Waals surface area contributed by atoms with Crippen LogP contribution < -0.4 is 10.6 Å². The Kier molecular flexibility index (Phi) is 8.34. The summed E-state index contributed by atoms with van der Waals surface area (Å²) in [5, 5.41) is 4.94. The van der Waals surface area contributed by atoms with Gasteiger partial charge in [-0.1, -0.05) is 24.3 Å². The minimum atomic E-state index is -4.50. The molecule has 2 aromatic rings. The van der Waals surface area contributed by atoms with E-state index in [2.05, 4.69) is 10.6 Å². The fraction of sp³-hybridized carbons (Fsp3) is 0.318. The van der Waals surface area contributed by atoms with Gasteiger partial charge in [0.05, 0.1) is 12.7 Å². The summed E-state index contributed by atoms with van der Waals surface area (Å²) in [6.45, 7) is 1.21. The van der Waals surface area contributed by atoms with Crippen molar-refractivity contribution >= 4 is 17.8 Å². The van der Waals surface area contributed by atoms with Crippen LogP contribution >= 0.6 is 0 Å². The monoisotopic (exact) mass is 454 g/mol. The highest BCUT2D eigenvalue weighted by molar-refractivity contribution is 5.90. The number of hydrogen-bond acceptors (Lipinski definition) is 4. The largest absolute Gasteiger partial charge is 0.467 e. The molecule has 32 heavy (non-hydrogen) atoms. The Morgan fingerprint density at radius 2 is 1.38 bits per heavy atom. The van der Waals surface area contributed by atoms with Gasteiger partial charge < -0.3 is 15.4 Å². The lowest BCUT2D eigenvalue weighted by atomic mass is 10.0. The van der Waals surface area contributed by atoms with Crippen LogP contribution in [0.3, 0.4) is 0 Å². The Hall–Kier alpha value is -3.43. The fourth-order valence-corrected chi connectivity index (χ4v) is 2.98. The first-order chi connectivity index (χ1) is 15.0. The Bertz CT molecular complexity index is 944. The number of rotatable bonds is 8. The molecule has 0 aliphatic carbocycles. The van der Waals surface area contributed by atoms with Crippen LogP contribution in [0.2, 0.25) is 0 Å². The van der Waals surface area contributed by atoms with E-state index in [0.717, 1.165) is 19.2 Å². The molecule has 10 heteroatoms. The first-order valence-electron chi connectivity index (χ1n) is 9.55. The molecule has 2 N–H and O–H groups in total. The highest BCUT2D eigenvalue weighted by Gasteiger charge is 2.31. The van der Waals surface area contributed by atoms with Crippen LogP contribution in [0, 0.1) is 5.82 Å². The molecule has 0 radical (unpaired) electrons. The van der Waals surface area contributed by atoms with Crippen molar-refractivity contribution in [3.8, 4) is 0 Å². The van der Waals surface area contributed by atoms with Crippen molar-refractivity contribution in [1.29, 1.82) is 0 Å². The molecule has 0 aliphatic heterocycles. The van der Waals surface area contributed by atoms with Crippen LogP contribution in [0.25, 0.3) is 0 Å². The number of carbonyl (C=O) groups excluding carboxylic acids is 3. The summed E-state index contributed by atoms with van der Waals surface area (Å²) in [6, 6.07) is 7.21. The second kappa shape index (κ2) is 10.7. The van der Waals surface area contributed by atoms with E-state index in [4.69, 9.17) is 4.74 Å². The molecular weight excluding hydrogens is 432 g/mol. The van der Waals surface area contributed by atoms with Crippen molar-refractivity contribution in [1.82, 2.24) is 10.6 Å². The number of nitrogens with one attached hydrogen (secondary N) is 2. The summed E-state index contributed by atoms with van der Waals surface area (Å²) in [7, 11) is 1.11. The third-order valence-corrected chi connectivity index (χ3v) is 4.57. The van der Waals surface area contributed by atoms with Crippen LogP contribution in [0.4, 0.5) is 17.6 Å². The van der Waals surface area contributed by atoms with Crippen LogP contribution in [0.15, 0.2) is 48.5 Å². The molecule has 0 aliphatic rings. The first kappa shape index (κ1) is 24.8. The molecule has 0 heterocycles. The van der Waals surface area contributed by atoms with Gasteiger partial charge in [0.1, 0.15) is 17.9 Å². The molecule has 0 saturated carbocycles. The molecular formula is C22H22F4N2O4. The molecule has 0 unspecified atom stereocenters. The Morgan fingerprint density at radius 1 is 0.875 bits per heavy atom. The maximum Gasteiger partial charge on any atom is 0.416 e. The first-order valence-corrected chi connectivity index (χ1v) is 9.55. The lowest BCUT2D eigenvalue weighted by molar-refractivity contribution is -0.145. The number of benzene rings is 2. The maximum atomic E-state index is 13.1. The fourth-order valence-electron chi connectivity index (χ4n) is 2.98. The van der Waals surface area contributed by atoms with E-state index in [9.17, 15) is 31.9 Å². The average Bonchev–Trinajstić information content (AvgIpc) is 2.73. The summed E-state index contributed by atoms with van der Waals surface area (Å²) < 4.78 is 56.1. The summed E-state index contributed by atoms with van der Waals surface area (Å²) in [5.74, 6) is -2.46. The third-order valence-electron chi connectivity index (χ3n) is 4.57. The van der Waals surface area contributed by atoms with Crippen molar-refractivity contribution in [3.05, 3.63) is 71.0 Å². The third kappa shape index (κ3) is 7.36. The average molecular weight is 454 g/mol. The predicted octanol–water partition coefficient (Wildman–Crippen LogP) is 2.79. The highest BCUT2D eigenvalue weighted by atomic mass is 19.4. The number of halogens is 4. The second-order valence-corrected chi connectivity index (χ2v) is 7.07. The smallest absolute Gasteiger partial charge is 0.416 e. The minimum absolute atomic E-state index is 0.0276. The van der Waals surface area contributed by atoms with Crippen molar-refractivity contribution in [2.24, 2.45) is 0 Å².